The van der Waals surface area contributed by atoms with Gasteiger partial charge in [0, 0.05) is 30.1 Å². The lowest BCUT2D eigenvalue weighted by Crippen LogP contribution is -2.42. The monoisotopic (exact) mass is 324 g/mol. The number of ether oxygens (including phenoxy) is 2. The Morgan fingerprint density at radius 2 is 1.88 bits per heavy atom. The molecule has 1 aromatic heterocycles. The van der Waals surface area contributed by atoms with Crippen LogP contribution < -0.4 is 4.74 Å². The highest BCUT2D eigenvalue weighted by molar-refractivity contribution is 5.92. The zero-order chi connectivity index (χ0) is 16.4. The molecule has 6 nitrogen and oxygen atoms in total. The van der Waals surface area contributed by atoms with Crippen molar-refractivity contribution in [1.82, 2.24) is 10.1 Å². The van der Waals surface area contributed by atoms with E-state index < -0.39 is 0 Å². The molecule has 1 amide bonds. The van der Waals surface area contributed by atoms with Crippen molar-refractivity contribution in [2.24, 2.45) is 0 Å². The Labute approximate surface area is 138 Å². The van der Waals surface area contributed by atoms with Gasteiger partial charge in [-0.2, -0.15) is 0 Å². The molecule has 0 saturated carbocycles. The number of fused-ring (bicyclic) bond motifs is 1. The molecule has 122 valence electrons. The number of benzene rings is 2. The number of nitrogens with zero attached hydrogens (tertiary/aromatic N) is 2. The number of hydrogen-bond acceptors (Lipinski definition) is 5. The maximum absolute atomic E-state index is 12.1. The van der Waals surface area contributed by atoms with E-state index in [1.165, 1.54) is 0 Å². The molecule has 6 heteroatoms. The fraction of sp³-hybridized carbons (Fsp3) is 0.222. The zero-order valence-electron chi connectivity index (χ0n) is 13.0. The maximum Gasteiger partial charge on any atom is 0.415 e. The predicted octanol–water partition coefficient (Wildman–Crippen LogP) is 3.33. The smallest absolute Gasteiger partial charge is 0.410 e. The van der Waals surface area contributed by atoms with Crippen LogP contribution in [0.3, 0.4) is 0 Å². The Balaban J connectivity index is 1.57. The predicted molar refractivity (Wildman–Crippen MR) is 87.9 cm³/mol. The Kier molecular flexibility index (Phi) is 3.88. The van der Waals surface area contributed by atoms with E-state index in [9.17, 15) is 4.79 Å². The van der Waals surface area contributed by atoms with Crippen LogP contribution in [-0.4, -0.2) is 42.5 Å². The van der Waals surface area contributed by atoms with Gasteiger partial charge in [-0.25, -0.2) is 4.79 Å². The second kappa shape index (κ2) is 6.33. The molecule has 0 radical (unpaired) electrons. The number of rotatable bonds is 2. The summed E-state index contributed by atoms with van der Waals surface area (Å²) in [6.45, 7) is 2.16. The third-order valence-electron chi connectivity index (χ3n) is 3.97. The summed E-state index contributed by atoms with van der Waals surface area (Å²) in [6, 6.07) is 15.1. The van der Waals surface area contributed by atoms with Crippen LogP contribution in [0.25, 0.3) is 22.2 Å². The fourth-order valence-corrected chi connectivity index (χ4v) is 2.70. The number of aromatic nitrogens is 1. The minimum Gasteiger partial charge on any atom is -0.410 e. The van der Waals surface area contributed by atoms with E-state index in [2.05, 4.69) is 5.16 Å². The first-order valence-electron chi connectivity index (χ1n) is 7.80. The Morgan fingerprint density at radius 1 is 1.08 bits per heavy atom. The molecular formula is C18H16N2O4. The highest BCUT2D eigenvalue weighted by Crippen LogP contribution is 2.30. The van der Waals surface area contributed by atoms with Crippen molar-refractivity contribution in [3.8, 4) is 17.0 Å². The lowest BCUT2D eigenvalue weighted by Gasteiger charge is -2.25. The fourth-order valence-electron chi connectivity index (χ4n) is 2.70. The third kappa shape index (κ3) is 2.83. The van der Waals surface area contributed by atoms with E-state index >= 15 is 0 Å². The SMILES string of the molecule is O=C(Oc1ccc2c(-c3ccccc3)noc2c1)N1CCOCC1. The number of amides is 1. The molecule has 24 heavy (non-hydrogen) atoms. The van der Waals surface area contributed by atoms with Crippen molar-refractivity contribution in [3.63, 3.8) is 0 Å². The van der Waals surface area contributed by atoms with Gasteiger partial charge in [-0.05, 0) is 12.1 Å². The maximum atomic E-state index is 12.1. The summed E-state index contributed by atoms with van der Waals surface area (Å²) in [7, 11) is 0. The molecule has 0 bridgehead atoms. The third-order valence-corrected chi connectivity index (χ3v) is 3.97. The molecule has 2 aromatic carbocycles. The average Bonchev–Trinajstić information content (AvgIpc) is 3.06. The van der Waals surface area contributed by atoms with Gasteiger partial charge >= 0.3 is 6.09 Å². The standard InChI is InChI=1S/C18H16N2O4/c21-18(20-8-10-22-11-9-20)23-14-6-7-15-16(12-14)24-19-17(15)13-4-2-1-3-5-13/h1-7,12H,8-11H2. The van der Waals surface area contributed by atoms with Crippen molar-refractivity contribution >= 4 is 17.1 Å². The summed E-state index contributed by atoms with van der Waals surface area (Å²) >= 11 is 0. The Hall–Kier alpha value is -2.86. The summed E-state index contributed by atoms with van der Waals surface area (Å²) in [5.41, 5.74) is 2.34. The van der Waals surface area contributed by atoms with Gasteiger partial charge in [0.2, 0.25) is 0 Å². The van der Waals surface area contributed by atoms with Crippen LogP contribution >= 0.6 is 0 Å². The van der Waals surface area contributed by atoms with Crippen LogP contribution in [0.1, 0.15) is 0 Å². The van der Waals surface area contributed by atoms with Gasteiger partial charge in [-0.3, -0.25) is 0 Å². The van der Waals surface area contributed by atoms with Gasteiger partial charge in [0.15, 0.2) is 5.58 Å². The van der Waals surface area contributed by atoms with E-state index in [1.54, 1.807) is 17.0 Å². The van der Waals surface area contributed by atoms with Crippen LogP contribution in [0.4, 0.5) is 4.79 Å². The molecule has 3 aromatic rings. The van der Waals surface area contributed by atoms with Gasteiger partial charge in [-0.15, -0.1) is 0 Å². The lowest BCUT2D eigenvalue weighted by atomic mass is 10.1. The minimum atomic E-state index is -0.375. The average molecular weight is 324 g/mol. The number of carbonyl (C=O) groups is 1. The van der Waals surface area contributed by atoms with E-state index in [4.69, 9.17) is 14.0 Å². The van der Waals surface area contributed by atoms with Gasteiger partial charge < -0.3 is 18.9 Å². The van der Waals surface area contributed by atoms with Crippen LogP contribution in [0.15, 0.2) is 53.1 Å². The molecule has 1 fully saturated rings. The Bertz CT molecular complexity index is 854. The van der Waals surface area contributed by atoms with E-state index in [1.807, 2.05) is 36.4 Å². The molecule has 1 saturated heterocycles. The molecule has 4 rings (SSSR count). The molecule has 0 atom stereocenters. The van der Waals surface area contributed by atoms with E-state index in [0.29, 0.717) is 37.6 Å². The van der Waals surface area contributed by atoms with Crippen LogP contribution in [0.5, 0.6) is 5.75 Å². The van der Waals surface area contributed by atoms with Crippen molar-refractivity contribution in [2.45, 2.75) is 0 Å². The van der Waals surface area contributed by atoms with Crippen molar-refractivity contribution in [3.05, 3.63) is 48.5 Å². The summed E-state index contributed by atoms with van der Waals surface area (Å²) in [6.07, 6.45) is -0.375. The van der Waals surface area contributed by atoms with E-state index in [-0.39, 0.29) is 6.09 Å². The normalized spacial score (nSPS) is 14.8. The number of hydrogen-bond donors (Lipinski definition) is 0. The second-order valence-corrected chi connectivity index (χ2v) is 5.52. The van der Waals surface area contributed by atoms with Crippen molar-refractivity contribution < 1.29 is 18.8 Å². The van der Waals surface area contributed by atoms with Crippen LogP contribution in [0, 0.1) is 0 Å². The first kappa shape index (κ1) is 14.7. The van der Waals surface area contributed by atoms with Crippen LogP contribution in [-0.2, 0) is 4.74 Å². The van der Waals surface area contributed by atoms with Gasteiger partial charge in [0.25, 0.3) is 0 Å². The topological polar surface area (TPSA) is 64.8 Å². The zero-order valence-corrected chi connectivity index (χ0v) is 13.0. The molecule has 0 unspecified atom stereocenters. The van der Waals surface area contributed by atoms with Gasteiger partial charge in [0.05, 0.1) is 13.2 Å². The molecule has 0 N–H and O–H groups in total. The molecular weight excluding hydrogens is 308 g/mol. The van der Waals surface area contributed by atoms with Crippen LogP contribution in [0.2, 0.25) is 0 Å². The summed E-state index contributed by atoms with van der Waals surface area (Å²) < 4.78 is 16.0. The number of carbonyl (C=O) groups excluding carboxylic acids is 1. The summed E-state index contributed by atoms with van der Waals surface area (Å²) in [4.78, 5) is 13.8. The Morgan fingerprint density at radius 3 is 2.67 bits per heavy atom. The highest BCUT2D eigenvalue weighted by Gasteiger charge is 2.19. The molecule has 0 spiro atoms. The largest absolute Gasteiger partial charge is 0.415 e. The summed E-state index contributed by atoms with van der Waals surface area (Å²) in [5, 5.41) is 5.02. The molecule has 1 aliphatic rings. The molecule has 2 heterocycles. The van der Waals surface area contributed by atoms with Gasteiger partial charge in [-0.1, -0.05) is 35.5 Å². The minimum absolute atomic E-state index is 0.375. The highest BCUT2D eigenvalue weighted by atomic mass is 16.6. The lowest BCUT2D eigenvalue weighted by molar-refractivity contribution is 0.0416. The summed E-state index contributed by atoms with van der Waals surface area (Å²) in [5.74, 6) is 0.440. The first-order valence-corrected chi connectivity index (χ1v) is 7.80. The first-order chi connectivity index (χ1) is 11.8. The quantitative estimate of drug-likeness (QED) is 0.723. The van der Waals surface area contributed by atoms with Gasteiger partial charge in [0.1, 0.15) is 11.4 Å². The second-order valence-electron chi connectivity index (χ2n) is 5.52. The van der Waals surface area contributed by atoms with E-state index in [0.717, 1.165) is 16.6 Å². The van der Waals surface area contributed by atoms with Crippen molar-refractivity contribution in [1.29, 1.82) is 0 Å². The number of morpholine rings is 1. The molecule has 1 aliphatic heterocycles. The molecule has 0 aliphatic carbocycles. The van der Waals surface area contributed by atoms with Crippen molar-refractivity contribution in [2.75, 3.05) is 26.3 Å².